The van der Waals surface area contributed by atoms with Crippen LogP contribution in [-0.4, -0.2) is 36.1 Å². The van der Waals surface area contributed by atoms with Crippen molar-refractivity contribution in [2.75, 3.05) is 20.3 Å². The van der Waals surface area contributed by atoms with Crippen LogP contribution in [0, 0.1) is 5.92 Å². The van der Waals surface area contributed by atoms with E-state index in [0.29, 0.717) is 6.04 Å². The van der Waals surface area contributed by atoms with E-state index in [2.05, 4.69) is 16.5 Å². The van der Waals surface area contributed by atoms with Gasteiger partial charge in [0.2, 0.25) is 0 Å². The molecule has 16 heavy (non-hydrogen) atoms. The number of aromatic nitrogens is 2. The van der Waals surface area contributed by atoms with E-state index in [1.54, 1.807) is 0 Å². The van der Waals surface area contributed by atoms with Crippen molar-refractivity contribution in [3.63, 3.8) is 0 Å². The maximum Gasteiger partial charge on any atom is 0.0639 e. The molecule has 1 aliphatic heterocycles. The lowest BCUT2D eigenvalue weighted by atomic mass is 9.96. The highest BCUT2D eigenvalue weighted by Crippen LogP contribution is 2.19. The molecule has 1 aliphatic rings. The lowest BCUT2D eigenvalue weighted by Gasteiger charge is -2.18. The molecule has 2 unspecified atom stereocenters. The van der Waals surface area contributed by atoms with E-state index in [9.17, 15) is 0 Å². The summed E-state index contributed by atoms with van der Waals surface area (Å²) in [4.78, 5) is 0. The highest BCUT2D eigenvalue weighted by molar-refractivity contribution is 5.01. The summed E-state index contributed by atoms with van der Waals surface area (Å²) in [5, 5.41) is 7.80. The molecular formula is C12H21N3O. The normalized spacial score (nSPS) is 22.5. The highest BCUT2D eigenvalue weighted by Gasteiger charge is 2.20. The van der Waals surface area contributed by atoms with Crippen LogP contribution in [0.4, 0.5) is 0 Å². The van der Waals surface area contributed by atoms with Gasteiger partial charge in [-0.05, 0) is 31.9 Å². The molecular weight excluding hydrogens is 202 g/mol. The smallest absolute Gasteiger partial charge is 0.0639 e. The summed E-state index contributed by atoms with van der Waals surface area (Å²) in [7, 11) is 3.99. The zero-order valence-corrected chi connectivity index (χ0v) is 10.1. The Morgan fingerprint density at radius 1 is 1.69 bits per heavy atom. The third-order valence-corrected chi connectivity index (χ3v) is 3.27. The van der Waals surface area contributed by atoms with Crippen molar-refractivity contribution in [2.45, 2.75) is 25.3 Å². The van der Waals surface area contributed by atoms with Crippen LogP contribution in [0.5, 0.6) is 0 Å². The molecule has 0 radical (unpaired) electrons. The lowest BCUT2D eigenvalue weighted by Crippen LogP contribution is -2.30. The molecule has 1 fully saturated rings. The van der Waals surface area contributed by atoms with Gasteiger partial charge in [-0.1, -0.05) is 0 Å². The minimum atomic E-state index is 0.515. The molecule has 4 heteroatoms. The predicted molar refractivity (Wildman–Crippen MR) is 63.3 cm³/mol. The number of likely N-dealkylation sites (N-methyl/N-ethyl adjacent to an activating group) is 1. The molecule has 2 heterocycles. The maximum atomic E-state index is 5.41. The van der Waals surface area contributed by atoms with E-state index in [1.807, 2.05) is 25.0 Å². The maximum absolute atomic E-state index is 5.41. The van der Waals surface area contributed by atoms with Crippen LogP contribution in [0.1, 0.15) is 18.5 Å². The third-order valence-electron chi connectivity index (χ3n) is 3.27. The molecule has 0 bridgehead atoms. The first-order valence-corrected chi connectivity index (χ1v) is 6.01. The standard InChI is InChI=1S/C12H21N3O/c1-13-12(7-10-4-6-16-9-10)8-11-3-5-15(2)14-11/h3,5,10,12-13H,4,6-9H2,1-2H3. The number of nitrogens with one attached hydrogen (secondary N) is 1. The summed E-state index contributed by atoms with van der Waals surface area (Å²) in [6.07, 6.45) is 5.40. The summed E-state index contributed by atoms with van der Waals surface area (Å²) >= 11 is 0. The number of nitrogens with zero attached hydrogens (tertiary/aromatic N) is 2. The third kappa shape index (κ3) is 3.06. The van der Waals surface area contributed by atoms with Crippen LogP contribution in [0.2, 0.25) is 0 Å². The molecule has 0 amide bonds. The molecule has 0 spiro atoms. The van der Waals surface area contributed by atoms with Crippen molar-refractivity contribution in [1.29, 1.82) is 0 Å². The van der Waals surface area contributed by atoms with E-state index >= 15 is 0 Å². The Hall–Kier alpha value is -0.870. The Balaban J connectivity index is 1.84. The molecule has 0 aromatic carbocycles. The number of rotatable bonds is 5. The van der Waals surface area contributed by atoms with E-state index < -0.39 is 0 Å². The zero-order valence-electron chi connectivity index (χ0n) is 10.1. The summed E-state index contributed by atoms with van der Waals surface area (Å²) < 4.78 is 7.27. The average Bonchev–Trinajstić information content (AvgIpc) is 2.89. The van der Waals surface area contributed by atoms with Gasteiger partial charge in [0.25, 0.3) is 0 Å². The van der Waals surface area contributed by atoms with Crippen molar-refractivity contribution in [3.05, 3.63) is 18.0 Å². The Morgan fingerprint density at radius 3 is 3.12 bits per heavy atom. The van der Waals surface area contributed by atoms with Crippen molar-refractivity contribution in [1.82, 2.24) is 15.1 Å². The molecule has 4 nitrogen and oxygen atoms in total. The second-order valence-electron chi connectivity index (χ2n) is 4.64. The SMILES string of the molecule is CNC(Cc1ccn(C)n1)CC1CCOC1. The largest absolute Gasteiger partial charge is 0.381 e. The average molecular weight is 223 g/mol. The van der Waals surface area contributed by atoms with E-state index in [1.165, 1.54) is 18.5 Å². The minimum absolute atomic E-state index is 0.515. The molecule has 2 atom stereocenters. The van der Waals surface area contributed by atoms with Crippen LogP contribution in [0.25, 0.3) is 0 Å². The Labute approximate surface area is 97.0 Å². The molecule has 1 saturated heterocycles. The minimum Gasteiger partial charge on any atom is -0.381 e. The van der Waals surface area contributed by atoms with E-state index in [0.717, 1.165) is 25.6 Å². The van der Waals surface area contributed by atoms with Crippen molar-refractivity contribution < 1.29 is 4.74 Å². The summed E-state index contributed by atoms with van der Waals surface area (Å²) in [5.41, 5.74) is 1.17. The van der Waals surface area contributed by atoms with Crippen LogP contribution in [0.3, 0.4) is 0 Å². The topological polar surface area (TPSA) is 39.1 Å². The fourth-order valence-electron chi connectivity index (χ4n) is 2.30. The molecule has 0 saturated carbocycles. The van der Waals surface area contributed by atoms with Gasteiger partial charge in [-0.2, -0.15) is 5.10 Å². The first-order chi connectivity index (χ1) is 7.78. The molecule has 1 aromatic rings. The summed E-state index contributed by atoms with van der Waals surface area (Å²) in [6.45, 7) is 1.87. The molecule has 2 rings (SSSR count). The quantitative estimate of drug-likeness (QED) is 0.808. The lowest BCUT2D eigenvalue weighted by molar-refractivity contribution is 0.181. The fraction of sp³-hybridized carbons (Fsp3) is 0.750. The predicted octanol–water partition coefficient (Wildman–Crippen LogP) is 0.977. The number of ether oxygens (including phenoxy) is 1. The van der Waals surface area contributed by atoms with Crippen molar-refractivity contribution in [2.24, 2.45) is 13.0 Å². The molecule has 90 valence electrons. The zero-order chi connectivity index (χ0) is 11.4. The van der Waals surface area contributed by atoms with Crippen LogP contribution < -0.4 is 5.32 Å². The molecule has 0 aliphatic carbocycles. The molecule has 1 N–H and O–H groups in total. The highest BCUT2D eigenvalue weighted by atomic mass is 16.5. The molecule has 1 aromatic heterocycles. The first-order valence-electron chi connectivity index (χ1n) is 6.01. The van der Waals surface area contributed by atoms with Gasteiger partial charge in [0.15, 0.2) is 0 Å². The van der Waals surface area contributed by atoms with Gasteiger partial charge >= 0.3 is 0 Å². The van der Waals surface area contributed by atoms with Crippen LogP contribution in [-0.2, 0) is 18.2 Å². The van der Waals surface area contributed by atoms with Crippen molar-refractivity contribution in [3.8, 4) is 0 Å². The monoisotopic (exact) mass is 223 g/mol. The Morgan fingerprint density at radius 2 is 2.56 bits per heavy atom. The number of aryl methyl sites for hydroxylation is 1. The second kappa shape index (κ2) is 5.46. The van der Waals surface area contributed by atoms with Gasteiger partial charge in [0.1, 0.15) is 0 Å². The van der Waals surface area contributed by atoms with E-state index in [-0.39, 0.29) is 0 Å². The van der Waals surface area contributed by atoms with Crippen molar-refractivity contribution >= 4 is 0 Å². The second-order valence-corrected chi connectivity index (χ2v) is 4.64. The van der Waals surface area contributed by atoms with Gasteiger partial charge in [-0.3, -0.25) is 4.68 Å². The van der Waals surface area contributed by atoms with Crippen LogP contribution >= 0.6 is 0 Å². The first kappa shape index (κ1) is 11.6. The van der Waals surface area contributed by atoms with Crippen LogP contribution in [0.15, 0.2) is 12.3 Å². The Kier molecular flexibility index (Phi) is 3.96. The Bertz CT molecular complexity index is 318. The summed E-state index contributed by atoms with van der Waals surface area (Å²) in [6, 6.07) is 2.61. The fourth-order valence-corrected chi connectivity index (χ4v) is 2.30. The van der Waals surface area contributed by atoms with Gasteiger partial charge in [0, 0.05) is 38.9 Å². The summed E-state index contributed by atoms with van der Waals surface area (Å²) in [5.74, 6) is 0.723. The van der Waals surface area contributed by atoms with Gasteiger partial charge in [0.05, 0.1) is 5.69 Å². The number of hydrogen-bond acceptors (Lipinski definition) is 3. The number of hydrogen-bond donors (Lipinski definition) is 1. The van der Waals surface area contributed by atoms with Gasteiger partial charge < -0.3 is 10.1 Å². The van der Waals surface area contributed by atoms with Gasteiger partial charge in [-0.25, -0.2) is 0 Å². The van der Waals surface area contributed by atoms with Gasteiger partial charge in [-0.15, -0.1) is 0 Å². The van der Waals surface area contributed by atoms with E-state index in [4.69, 9.17) is 4.74 Å².